The molecule has 0 atom stereocenters. The second kappa shape index (κ2) is 6.70. The van der Waals surface area contributed by atoms with Crippen molar-refractivity contribution in [2.45, 2.75) is 6.92 Å². The van der Waals surface area contributed by atoms with E-state index in [4.69, 9.17) is 4.74 Å². The van der Waals surface area contributed by atoms with Crippen LogP contribution < -0.4 is 15.0 Å². The Morgan fingerprint density at radius 1 is 1.21 bits per heavy atom. The first-order valence-electron chi connectivity index (χ1n) is 7.61. The summed E-state index contributed by atoms with van der Waals surface area (Å²) in [5, 5.41) is 2.73. The highest BCUT2D eigenvalue weighted by atomic mass is 19.1. The molecule has 1 heterocycles. The predicted octanol–water partition coefficient (Wildman–Crippen LogP) is 2.87. The average Bonchev–Trinajstić information content (AvgIpc) is 2.57. The number of amides is 1. The van der Waals surface area contributed by atoms with Gasteiger partial charge in [0.2, 0.25) is 5.91 Å². The number of benzene rings is 2. The standard InChI is InChI=1S/C18H17FN2O3/c1-12(22)13-2-7-17-16(10-13)21(8-9-24-17)11-18(23)20-15-5-3-14(19)4-6-15/h2-7,10H,8-9,11H2,1H3,(H,20,23). The minimum atomic E-state index is -0.355. The molecule has 2 aromatic rings. The van der Waals surface area contributed by atoms with E-state index in [1.807, 2.05) is 4.90 Å². The van der Waals surface area contributed by atoms with E-state index in [1.54, 1.807) is 18.2 Å². The molecule has 0 unspecified atom stereocenters. The van der Waals surface area contributed by atoms with Crippen molar-refractivity contribution < 1.29 is 18.7 Å². The van der Waals surface area contributed by atoms with Crippen LogP contribution in [0.3, 0.4) is 0 Å². The lowest BCUT2D eigenvalue weighted by Crippen LogP contribution is -2.38. The fourth-order valence-electron chi connectivity index (χ4n) is 2.56. The van der Waals surface area contributed by atoms with E-state index in [0.29, 0.717) is 30.2 Å². The number of hydrogen-bond donors (Lipinski definition) is 1. The molecule has 0 radical (unpaired) electrons. The molecule has 1 amide bonds. The van der Waals surface area contributed by atoms with Gasteiger partial charge in [0.1, 0.15) is 18.2 Å². The topological polar surface area (TPSA) is 58.6 Å². The van der Waals surface area contributed by atoms with Crippen LogP contribution in [0.5, 0.6) is 5.75 Å². The van der Waals surface area contributed by atoms with Gasteiger partial charge in [-0.05, 0) is 49.4 Å². The van der Waals surface area contributed by atoms with Crippen LogP contribution in [0.4, 0.5) is 15.8 Å². The molecule has 1 aliphatic heterocycles. The second-order valence-electron chi connectivity index (χ2n) is 5.56. The van der Waals surface area contributed by atoms with Gasteiger partial charge in [-0.2, -0.15) is 0 Å². The van der Waals surface area contributed by atoms with Crippen LogP contribution in [0, 0.1) is 5.82 Å². The molecule has 1 aliphatic rings. The molecule has 24 heavy (non-hydrogen) atoms. The molecule has 0 fully saturated rings. The fraction of sp³-hybridized carbons (Fsp3) is 0.222. The highest BCUT2D eigenvalue weighted by Crippen LogP contribution is 2.32. The Bertz CT molecular complexity index is 774. The van der Waals surface area contributed by atoms with Crippen LogP contribution in [0.2, 0.25) is 0 Å². The number of fused-ring (bicyclic) bond motifs is 1. The zero-order valence-corrected chi connectivity index (χ0v) is 13.2. The molecule has 3 rings (SSSR count). The lowest BCUT2D eigenvalue weighted by Gasteiger charge is -2.31. The third-order valence-corrected chi connectivity index (χ3v) is 3.79. The molecule has 0 aliphatic carbocycles. The number of ketones is 1. The van der Waals surface area contributed by atoms with Gasteiger partial charge in [0.25, 0.3) is 0 Å². The summed E-state index contributed by atoms with van der Waals surface area (Å²) in [6, 6.07) is 10.8. The summed E-state index contributed by atoms with van der Waals surface area (Å²) in [6.45, 7) is 2.63. The molecule has 5 nitrogen and oxygen atoms in total. The van der Waals surface area contributed by atoms with E-state index < -0.39 is 0 Å². The summed E-state index contributed by atoms with van der Waals surface area (Å²) in [5.74, 6) is 0.0365. The second-order valence-corrected chi connectivity index (χ2v) is 5.56. The number of carbonyl (C=O) groups is 2. The molecule has 6 heteroatoms. The minimum Gasteiger partial charge on any atom is -0.490 e. The van der Waals surface area contributed by atoms with Crippen LogP contribution in [0.25, 0.3) is 0 Å². The molecule has 2 aromatic carbocycles. The maximum atomic E-state index is 12.9. The molecule has 124 valence electrons. The van der Waals surface area contributed by atoms with Crippen LogP contribution in [-0.4, -0.2) is 31.4 Å². The van der Waals surface area contributed by atoms with E-state index in [1.165, 1.54) is 31.2 Å². The molecule has 0 saturated heterocycles. The van der Waals surface area contributed by atoms with Gasteiger partial charge in [-0.15, -0.1) is 0 Å². The Morgan fingerprint density at radius 3 is 2.67 bits per heavy atom. The van der Waals surface area contributed by atoms with Gasteiger partial charge in [0, 0.05) is 11.3 Å². The number of nitrogens with zero attached hydrogens (tertiary/aromatic N) is 1. The van der Waals surface area contributed by atoms with Gasteiger partial charge in [-0.3, -0.25) is 9.59 Å². The first-order valence-corrected chi connectivity index (χ1v) is 7.61. The number of carbonyl (C=O) groups excluding carboxylic acids is 2. The SMILES string of the molecule is CC(=O)c1ccc2c(c1)N(CC(=O)Nc1ccc(F)cc1)CCO2. The van der Waals surface area contributed by atoms with Crippen LogP contribution in [0.15, 0.2) is 42.5 Å². The van der Waals surface area contributed by atoms with Gasteiger partial charge in [0.15, 0.2) is 5.78 Å². The monoisotopic (exact) mass is 328 g/mol. The number of hydrogen-bond acceptors (Lipinski definition) is 4. The van der Waals surface area contributed by atoms with Crippen molar-refractivity contribution in [3.8, 4) is 5.75 Å². The van der Waals surface area contributed by atoms with Crippen LogP contribution >= 0.6 is 0 Å². The molecule has 0 saturated carbocycles. The largest absolute Gasteiger partial charge is 0.490 e. The van der Waals surface area contributed by atoms with Crippen molar-refractivity contribution in [3.05, 3.63) is 53.8 Å². The van der Waals surface area contributed by atoms with Gasteiger partial charge < -0.3 is 15.0 Å². The van der Waals surface area contributed by atoms with Crippen molar-refractivity contribution in [2.24, 2.45) is 0 Å². The Kier molecular flexibility index (Phi) is 4.46. The zero-order chi connectivity index (χ0) is 17.1. The zero-order valence-electron chi connectivity index (χ0n) is 13.2. The smallest absolute Gasteiger partial charge is 0.243 e. The highest BCUT2D eigenvalue weighted by Gasteiger charge is 2.21. The number of anilines is 2. The number of ether oxygens (including phenoxy) is 1. The highest BCUT2D eigenvalue weighted by molar-refractivity contribution is 5.97. The first kappa shape index (κ1) is 16.0. The summed E-state index contributed by atoms with van der Waals surface area (Å²) in [7, 11) is 0. The maximum Gasteiger partial charge on any atom is 0.243 e. The maximum absolute atomic E-state index is 12.9. The minimum absolute atomic E-state index is 0.0425. The first-order chi connectivity index (χ1) is 11.5. The van der Waals surface area contributed by atoms with Crippen molar-refractivity contribution in [3.63, 3.8) is 0 Å². The third-order valence-electron chi connectivity index (χ3n) is 3.79. The number of nitrogens with one attached hydrogen (secondary N) is 1. The normalized spacial score (nSPS) is 13.0. The van der Waals surface area contributed by atoms with Crippen LogP contribution in [-0.2, 0) is 4.79 Å². The molecular formula is C18H17FN2O3. The fourth-order valence-corrected chi connectivity index (χ4v) is 2.56. The summed E-state index contributed by atoms with van der Waals surface area (Å²) in [4.78, 5) is 25.7. The molecule has 0 aromatic heterocycles. The number of halogens is 1. The summed E-state index contributed by atoms with van der Waals surface area (Å²) in [5.41, 5.74) is 1.83. The van der Waals surface area contributed by atoms with Crippen LogP contribution in [0.1, 0.15) is 17.3 Å². The van der Waals surface area contributed by atoms with Crippen molar-refractivity contribution in [1.29, 1.82) is 0 Å². The average molecular weight is 328 g/mol. The van der Waals surface area contributed by atoms with E-state index in [-0.39, 0.29) is 24.1 Å². The Morgan fingerprint density at radius 2 is 1.96 bits per heavy atom. The molecule has 0 bridgehead atoms. The lowest BCUT2D eigenvalue weighted by atomic mass is 10.1. The van der Waals surface area contributed by atoms with Crippen molar-refractivity contribution >= 4 is 23.1 Å². The van der Waals surface area contributed by atoms with E-state index in [0.717, 1.165) is 5.69 Å². The Hall–Kier alpha value is -2.89. The van der Waals surface area contributed by atoms with Crippen molar-refractivity contribution in [2.75, 3.05) is 29.9 Å². The quantitative estimate of drug-likeness (QED) is 0.877. The Labute approximate surface area is 139 Å². The van der Waals surface area contributed by atoms with E-state index >= 15 is 0 Å². The van der Waals surface area contributed by atoms with Gasteiger partial charge in [0.05, 0.1) is 18.8 Å². The molecular weight excluding hydrogens is 311 g/mol. The predicted molar refractivity (Wildman–Crippen MR) is 89.2 cm³/mol. The van der Waals surface area contributed by atoms with E-state index in [9.17, 15) is 14.0 Å². The third kappa shape index (κ3) is 3.53. The van der Waals surface area contributed by atoms with Gasteiger partial charge in [-0.1, -0.05) is 0 Å². The van der Waals surface area contributed by atoms with Gasteiger partial charge in [-0.25, -0.2) is 4.39 Å². The summed E-state index contributed by atoms with van der Waals surface area (Å²) >= 11 is 0. The van der Waals surface area contributed by atoms with Gasteiger partial charge >= 0.3 is 0 Å². The Balaban J connectivity index is 1.74. The molecule has 0 spiro atoms. The summed E-state index contributed by atoms with van der Waals surface area (Å²) < 4.78 is 18.5. The van der Waals surface area contributed by atoms with E-state index in [2.05, 4.69) is 5.32 Å². The molecule has 1 N–H and O–H groups in total. The number of rotatable bonds is 4. The lowest BCUT2D eigenvalue weighted by molar-refractivity contribution is -0.115. The number of Topliss-reactive ketones (excluding diaryl/α,β-unsaturated/α-hetero) is 1. The summed E-state index contributed by atoms with van der Waals surface area (Å²) in [6.07, 6.45) is 0. The van der Waals surface area contributed by atoms with Crippen molar-refractivity contribution in [1.82, 2.24) is 0 Å².